The van der Waals surface area contributed by atoms with Crippen LogP contribution in [0, 0.1) is 0 Å². The van der Waals surface area contributed by atoms with Crippen LogP contribution in [0.5, 0.6) is 0 Å². The van der Waals surface area contributed by atoms with Gasteiger partial charge in [-0.15, -0.1) is 24.0 Å². The maximum atomic E-state index is 5.77. The van der Waals surface area contributed by atoms with Crippen LogP contribution in [-0.4, -0.2) is 67.6 Å². The van der Waals surface area contributed by atoms with Crippen molar-refractivity contribution in [3.05, 3.63) is 24.2 Å². The number of aliphatic imine (C=N–C) groups is 1. The molecule has 164 valence electrons. The second kappa shape index (κ2) is 11.6. The Morgan fingerprint density at radius 3 is 2.62 bits per heavy atom. The molecule has 1 aromatic rings. The van der Waals surface area contributed by atoms with E-state index < -0.39 is 0 Å². The summed E-state index contributed by atoms with van der Waals surface area (Å²) in [7, 11) is 1.88. The number of hydrogen-bond donors (Lipinski definition) is 2. The second-order valence-electron chi connectivity index (χ2n) is 8.64. The molecule has 7 heteroatoms. The monoisotopic (exact) mass is 515 g/mol. The van der Waals surface area contributed by atoms with Gasteiger partial charge in [-0.25, -0.2) is 0 Å². The first-order chi connectivity index (χ1) is 13.8. The molecule has 1 saturated carbocycles. The lowest BCUT2D eigenvalue weighted by molar-refractivity contribution is 0.146. The molecular formula is C22H38IN5O. The number of nitrogens with zero attached hydrogens (tertiary/aromatic N) is 3. The predicted octanol–water partition coefficient (Wildman–Crippen LogP) is 3.61. The van der Waals surface area contributed by atoms with E-state index in [2.05, 4.69) is 31.5 Å². The highest BCUT2D eigenvalue weighted by molar-refractivity contribution is 14.0. The fraction of sp³-hybridized carbons (Fsp3) is 0.773. The Bertz CT molecular complexity index is 611. The van der Waals surface area contributed by atoms with Gasteiger partial charge in [-0.3, -0.25) is 14.8 Å². The third kappa shape index (κ3) is 6.10. The SMILES string of the molecule is CN=C(NCC(c1ccco1)N1CCCCC1)NC1CCN(C2CCCC2)C1.I. The molecular weight excluding hydrogens is 477 g/mol. The van der Waals surface area contributed by atoms with Gasteiger partial charge in [0, 0.05) is 38.8 Å². The van der Waals surface area contributed by atoms with Crippen molar-refractivity contribution in [1.82, 2.24) is 20.4 Å². The van der Waals surface area contributed by atoms with Crippen molar-refractivity contribution >= 4 is 29.9 Å². The number of likely N-dealkylation sites (tertiary alicyclic amines) is 2. The molecule has 0 aromatic carbocycles. The Labute approximate surface area is 192 Å². The van der Waals surface area contributed by atoms with Crippen LogP contribution in [0.15, 0.2) is 27.8 Å². The second-order valence-corrected chi connectivity index (χ2v) is 8.64. The lowest BCUT2D eigenvalue weighted by Gasteiger charge is -2.34. The summed E-state index contributed by atoms with van der Waals surface area (Å²) in [5.74, 6) is 1.98. The van der Waals surface area contributed by atoms with E-state index in [1.807, 2.05) is 13.1 Å². The van der Waals surface area contributed by atoms with Crippen molar-refractivity contribution in [3.63, 3.8) is 0 Å². The number of piperidine rings is 1. The van der Waals surface area contributed by atoms with Gasteiger partial charge >= 0.3 is 0 Å². The summed E-state index contributed by atoms with van der Waals surface area (Å²) in [5.41, 5.74) is 0. The van der Waals surface area contributed by atoms with E-state index in [1.165, 1.54) is 57.9 Å². The van der Waals surface area contributed by atoms with Gasteiger partial charge in [0.15, 0.2) is 5.96 Å². The van der Waals surface area contributed by atoms with E-state index in [9.17, 15) is 0 Å². The molecule has 3 aliphatic rings. The molecule has 2 unspecified atom stereocenters. The molecule has 0 radical (unpaired) electrons. The van der Waals surface area contributed by atoms with Crippen LogP contribution in [0.3, 0.4) is 0 Å². The Kier molecular flexibility index (Phi) is 9.11. The van der Waals surface area contributed by atoms with Gasteiger partial charge in [-0.2, -0.15) is 0 Å². The summed E-state index contributed by atoms with van der Waals surface area (Å²) in [5, 5.41) is 7.26. The molecule has 4 rings (SSSR count). The number of nitrogens with one attached hydrogen (secondary N) is 2. The summed E-state index contributed by atoms with van der Waals surface area (Å²) in [6.07, 6.45) is 12.5. The van der Waals surface area contributed by atoms with E-state index in [1.54, 1.807) is 6.26 Å². The lowest BCUT2D eigenvalue weighted by Crippen LogP contribution is -2.48. The Morgan fingerprint density at radius 2 is 1.93 bits per heavy atom. The lowest BCUT2D eigenvalue weighted by atomic mass is 10.1. The quantitative estimate of drug-likeness (QED) is 0.345. The summed E-state index contributed by atoms with van der Waals surface area (Å²) < 4.78 is 5.77. The summed E-state index contributed by atoms with van der Waals surface area (Å²) in [6, 6.07) is 5.70. The van der Waals surface area contributed by atoms with Crippen LogP contribution in [0.25, 0.3) is 0 Å². The molecule has 29 heavy (non-hydrogen) atoms. The van der Waals surface area contributed by atoms with E-state index >= 15 is 0 Å². The maximum absolute atomic E-state index is 5.77. The van der Waals surface area contributed by atoms with E-state index in [-0.39, 0.29) is 30.0 Å². The first-order valence-corrected chi connectivity index (χ1v) is 11.3. The minimum Gasteiger partial charge on any atom is -0.468 e. The Balaban J connectivity index is 0.00000240. The topological polar surface area (TPSA) is 56.0 Å². The van der Waals surface area contributed by atoms with Gasteiger partial charge < -0.3 is 15.1 Å². The minimum absolute atomic E-state index is 0. The number of hydrogen-bond acceptors (Lipinski definition) is 4. The van der Waals surface area contributed by atoms with Crippen LogP contribution in [0.1, 0.15) is 63.2 Å². The van der Waals surface area contributed by atoms with E-state index in [0.29, 0.717) is 6.04 Å². The zero-order valence-corrected chi connectivity index (χ0v) is 20.1. The molecule has 1 aromatic heterocycles. The van der Waals surface area contributed by atoms with Crippen molar-refractivity contribution in [3.8, 4) is 0 Å². The fourth-order valence-corrected chi connectivity index (χ4v) is 5.21. The predicted molar refractivity (Wildman–Crippen MR) is 129 cm³/mol. The van der Waals surface area contributed by atoms with Crippen LogP contribution in [-0.2, 0) is 0 Å². The molecule has 2 N–H and O–H groups in total. The normalized spacial score (nSPS) is 25.7. The molecule has 6 nitrogen and oxygen atoms in total. The number of furan rings is 1. The third-order valence-corrected chi connectivity index (χ3v) is 6.79. The highest BCUT2D eigenvalue weighted by Crippen LogP contribution is 2.27. The number of rotatable bonds is 6. The largest absolute Gasteiger partial charge is 0.468 e. The fourth-order valence-electron chi connectivity index (χ4n) is 5.21. The van der Waals surface area contributed by atoms with Crippen molar-refractivity contribution in [2.45, 2.75) is 69.5 Å². The third-order valence-electron chi connectivity index (χ3n) is 6.79. The van der Waals surface area contributed by atoms with Gasteiger partial charge in [0.2, 0.25) is 0 Å². The average molecular weight is 515 g/mol. The first-order valence-electron chi connectivity index (χ1n) is 11.3. The average Bonchev–Trinajstić information content (AvgIpc) is 3.50. The van der Waals surface area contributed by atoms with Gasteiger partial charge in [0.25, 0.3) is 0 Å². The molecule has 0 bridgehead atoms. The van der Waals surface area contributed by atoms with Crippen molar-refractivity contribution < 1.29 is 4.42 Å². The standard InChI is InChI=1S/C22H37N5O.HI/c1-23-22(25-18-11-14-27(17-18)19-8-3-4-9-19)24-16-20(21-10-7-15-28-21)26-12-5-2-6-13-26;/h7,10,15,18-20H,2-6,8-9,11-14,16-17H2,1H3,(H2,23,24,25);1H. The molecule has 2 atom stereocenters. The molecule has 3 fully saturated rings. The van der Waals surface area contributed by atoms with Crippen LogP contribution in [0.4, 0.5) is 0 Å². The van der Waals surface area contributed by atoms with Crippen molar-refractivity contribution in [1.29, 1.82) is 0 Å². The van der Waals surface area contributed by atoms with E-state index in [0.717, 1.165) is 43.9 Å². The van der Waals surface area contributed by atoms with Crippen molar-refractivity contribution in [2.24, 2.45) is 4.99 Å². The minimum atomic E-state index is 0. The molecule has 1 aliphatic carbocycles. The zero-order valence-electron chi connectivity index (χ0n) is 17.8. The number of halogens is 1. The first kappa shape index (κ1) is 22.9. The highest BCUT2D eigenvalue weighted by Gasteiger charge is 2.30. The van der Waals surface area contributed by atoms with Crippen molar-refractivity contribution in [2.75, 3.05) is 39.8 Å². The maximum Gasteiger partial charge on any atom is 0.191 e. The molecule has 3 heterocycles. The van der Waals surface area contributed by atoms with Crippen LogP contribution >= 0.6 is 24.0 Å². The van der Waals surface area contributed by atoms with Gasteiger partial charge in [-0.1, -0.05) is 19.3 Å². The Hall–Kier alpha value is -0.800. The smallest absolute Gasteiger partial charge is 0.191 e. The van der Waals surface area contributed by atoms with Gasteiger partial charge in [-0.05, 0) is 57.3 Å². The summed E-state index contributed by atoms with van der Waals surface area (Å²) >= 11 is 0. The van der Waals surface area contributed by atoms with Gasteiger partial charge in [0.05, 0.1) is 12.3 Å². The zero-order chi connectivity index (χ0) is 19.2. The van der Waals surface area contributed by atoms with Crippen LogP contribution < -0.4 is 10.6 Å². The molecule has 2 aliphatic heterocycles. The molecule has 0 amide bonds. The summed E-state index contributed by atoms with van der Waals surface area (Å²) in [4.78, 5) is 9.75. The van der Waals surface area contributed by atoms with E-state index in [4.69, 9.17) is 4.42 Å². The number of guanidine groups is 1. The summed E-state index contributed by atoms with van der Waals surface area (Å²) in [6.45, 7) is 5.50. The molecule has 0 spiro atoms. The van der Waals surface area contributed by atoms with Gasteiger partial charge in [0.1, 0.15) is 5.76 Å². The Morgan fingerprint density at radius 1 is 1.14 bits per heavy atom. The van der Waals surface area contributed by atoms with Crippen LogP contribution in [0.2, 0.25) is 0 Å². The highest BCUT2D eigenvalue weighted by atomic mass is 127. The molecule has 2 saturated heterocycles.